The van der Waals surface area contributed by atoms with E-state index in [4.69, 9.17) is 10.5 Å². The largest absolute Gasteiger partial charge is 0.376 e. The molecule has 0 bridgehead atoms. The predicted octanol–water partition coefficient (Wildman–Crippen LogP) is 3.69. The third-order valence-electron chi connectivity index (χ3n) is 3.54. The molecule has 0 aliphatic carbocycles. The summed E-state index contributed by atoms with van der Waals surface area (Å²) in [6.45, 7) is 9.15. The molecule has 0 radical (unpaired) electrons. The molecule has 2 N–H and O–H groups in total. The first kappa shape index (κ1) is 14.9. The van der Waals surface area contributed by atoms with E-state index < -0.39 is 0 Å². The summed E-state index contributed by atoms with van der Waals surface area (Å²) in [5, 5.41) is 1.13. The van der Waals surface area contributed by atoms with Crippen molar-refractivity contribution >= 4 is 10.9 Å². The van der Waals surface area contributed by atoms with Crippen LogP contribution in [0.2, 0.25) is 0 Å². The van der Waals surface area contributed by atoms with E-state index in [1.165, 1.54) is 0 Å². The fourth-order valence-electron chi connectivity index (χ4n) is 2.54. The van der Waals surface area contributed by atoms with Gasteiger partial charge < -0.3 is 10.5 Å². The standard InChI is InChI=1S/C17H24N2O/c1-5-20-16(17(2,3)4)15(18)13-9-8-12-7-6-10-19-14(12)11-13/h6-11,15-16H,5,18H2,1-4H3. The summed E-state index contributed by atoms with van der Waals surface area (Å²) in [6, 6.07) is 10.1. The number of hydrogen-bond donors (Lipinski definition) is 1. The second kappa shape index (κ2) is 5.90. The van der Waals surface area contributed by atoms with E-state index in [1.807, 2.05) is 13.0 Å². The molecule has 2 unspecified atom stereocenters. The minimum absolute atomic E-state index is 0.00546. The van der Waals surface area contributed by atoms with Crippen LogP contribution < -0.4 is 5.73 Å². The lowest BCUT2D eigenvalue weighted by Gasteiger charge is -2.35. The molecule has 2 rings (SSSR count). The average molecular weight is 272 g/mol. The Balaban J connectivity index is 2.35. The molecule has 2 aromatic rings. The molecule has 0 aliphatic heterocycles. The Morgan fingerprint density at radius 2 is 2.00 bits per heavy atom. The van der Waals surface area contributed by atoms with Crippen molar-refractivity contribution in [3.63, 3.8) is 0 Å². The Kier molecular flexibility index (Phi) is 4.41. The first-order valence-corrected chi connectivity index (χ1v) is 7.15. The van der Waals surface area contributed by atoms with Crippen molar-refractivity contribution < 1.29 is 4.74 Å². The maximum absolute atomic E-state index is 6.45. The minimum atomic E-state index is -0.152. The number of nitrogens with zero attached hydrogens (tertiary/aromatic N) is 1. The SMILES string of the molecule is CCOC(C(N)c1ccc2cccnc2c1)C(C)(C)C. The van der Waals surface area contributed by atoms with Gasteiger partial charge in [0.1, 0.15) is 0 Å². The second-order valence-corrected chi connectivity index (χ2v) is 6.22. The number of pyridine rings is 1. The Bertz CT molecular complexity index is 574. The third kappa shape index (κ3) is 3.17. The summed E-state index contributed by atoms with van der Waals surface area (Å²) in [5.41, 5.74) is 8.49. The van der Waals surface area contributed by atoms with Gasteiger partial charge in [-0.2, -0.15) is 0 Å². The zero-order valence-corrected chi connectivity index (χ0v) is 12.8. The Morgan fingerprint density at radius 3 is 2.65 bits per heavy atom. The Hall–Kier alpha value is -1.45. The Morgan fingerprint density at radius 1 is 1.25 bits per heavy atom. The van der Waals surface area contributed by atoms with Gasteiger partial charge >= 0.3 is 0 Å². The number of fused-ring (bicyclic) bond motifs is 1. The lowest BCUT2D eigenvalue weighted by Crippen LogP contribution is -2.39. The van der Waals surface area contributed by atoms with E-state index in [2.05, 4.69) is 50.0 Å². The highest BCUT2D eigenvalue weighted by atomic mass is 16.5. The smallest absolute Gasteiger partial charge is 0.0815 e. The lowest BCUT2D eigenvalue weighted by molar-refractivity contribution is -0.0282. The molecule has 1 aromatic heterocycles. The highest BCUT2D eigenvalue weighted by Crippen LogP contribution is 2.32. The van der Waals surface area contributed by atoms with Crippen molar-refractivity contribution in [3.05, 3.63) is 42.1 Å². The summed E-state index contributed by atoms with van der Waals surface area (Å²) < 4.78 is 5.89. The van der Waals surface area contributed by atoms with Crippen molar-refractivity contribution in [2.24, 2.45) is 11.1 Å². The summed E-state index contributed by atoms with van der Waals surface area (Å²) in [5.74, 6) is 0. The van der Waals surface area contributed by atoms with Crippen LogP contribution in [0.5, 0.6) is 0 Å². The van der Waals surface area contributed by atoms with Crippen LogP contribution in [-0.4, -0.2) is 17.7 Å². The Labute approximate surface area is 121 Å². The molecule has 3 heteroatoms. The molecule has 108 valence electrons. The van der Waals surface area contributed by atoms with E-state index in [0.29, 0.717) is 6.61 Å². The molecule has 2 atom stereocenters. The van der Waals surface area contributed by atoms with Crippen molar-refractivity contribution in [2.45, 2.75) is 39.8 Å². The monoisotopic (exact) mass is 272 g/mol. The number of ether oxygens (including phenoxy) is 1. The van der Waals surface area contributed by atoms with Crippen LogP contribution in [0.15, 0.2) is 36.5 Å². The first-order chi connectivity index (χ1) is 9.43. The summed E-state index contributed by atoms with van der Waals surface area (Å²) in [7, 11) is 0. The van der Waals surface area contributed by atoms with Crippen molar-refractivity contribution in [2.75, 3.05) is 6.61 Å². The molecular weight excluding hydrogens is 248 g/mol. The average Bonchev–Trinajstić information content (AvgIpc) is 2.42. The zero-order chi connectivity index (χ0) is 14.8. The maximum Gasteiger partial charge on any atom is 0.0815 e. The molecular formula is C17H24N2O. The summed E-state index contributed by atoms with van der Waals surface area (Å²) in [6.07, 6.45) is 1.79. The fourth-order valence-corrected chi connectivity index (χ4v) is 2.54. The van der Waals surface area contributed by atoms with Crippen LogP contribution in [0.4, 0.5) is 0 Å². The molecule has 0 fully saturated rings. The van der Waals surface area contributed by atoms with Crippen molar-refractivity contribution in [1.82, 2.24) is 4.98 Å². The second-order valence-electron chi connectivity index (χ2n) is 6.22. The molecule has 20 heavy (non-hydrogen) atoms. The van der Waals surface area contributed by atoms with Crippen molar-refractivity contribution in [1.29, 1.82) is 0 Å². The highest BCUT2D eigenvalue weighted by molar-refractivity contribution is 5.79. The van der Waals surface area contributed by atoms with Gasteiger partial charge in [-0.15, -0.1) is 0 Å². The van der Waals surface area contributed by atoms with Gasteiger partial charge in [0.05, 0.1) is 17.7 Å². The third-order valence-corrected chi connectivity index (χ3v) is 3.54. The minimum Gasteiger partial charge on any atom is -0.376 e. The van der Waals surface area contributed by atoms with Crippen LogP contribution >= 0.6 is 0 Å². The molecule has 0 amide bonds. The lowest BCUT2D eigenvalue weighted by atomic mass is 9.82. The molecule has 0 saturated heterocycles. The molecule has 0 spiro atoms. The van der Waals surface area contributed by atoms with Crippen LogP contribution in [-0.2, 0) is 4.74 Å². The molecule has 1 heterocycles. The first-order valence-electron chi connectivity index (χ1n) is 7.15. The van der Waals surface area contributed by atoms with Crippen LogP contribution in [0.1, 0.15) is 39.3 Å². The normalized spacial score (nSPS) is 15.2. The summed E-state index contributed by atoms with van der Waals surface area (Å²) in [4.78, 5) is 4.40. The maximum atomic E-state index is 6.45. The number of hydrogen-bond acceptors (Lipinski definition) is 3. The van der Waals surface area contributed by atoms with Gasteiger partial charge in [-0.3, -0.25) is 4.98 Å². The number of nitrogens with two attached hydrogens (primary N) is 1. The van der Waals surface area contributed by atoms with E-state index in [-0.39, 0.29) is 17.6 Å². The summed E-state index contributed by atoms with van der Waals surface area (Å²) >= 11 is 0. The number of benzene rings is 1. The zero-order valence-electron chi connectivity index (χ0n) is 12.8. The number of aromatic nitrogens is 1. The molecule has 0 saturated carbocycles. The van der Waals surface area contributed by atoms with E-state index in [9.17, 15) is 0 Å². The van der Waals surface area contributed by atoms with Gasteiger partial charge in [-0.25, -0.2) is 0 Å². The van der Waals surface area contributed by atoms with Gasteiger partial charge in [-0.1, -0.05) is 39.0 Å². The molecule has 1 aromatic carbocycles. The van der Waals surface area contributed by atoms with Gasteiger partial charge in [-0.05, 0) is 30.0 Å². The highest BCUT2D eigenvalue weighted by Gasteiger charge is 2.31. The van der Waals surface area contributed by atoms with Crippen LogP contribution in [0.25, 0.3) is 10.9 Å². The topological polar surface area (TPSA) is 48.1 Å². The fraction of sp³-hybridized carbons (Fsp3) is 0.471. The van der Waals surface area contributed by atoms with Gasteiger partial charge in [0.2, 0.25) is 0 Å². The van der Waals surface area contributed by atoms with Crippen LogP contribution in [0, 0.1) is 5.41 Å². The van der Waals surface area contributed by atoms with E-state index in [1.54, 1.807) is 6.20 Å². The van der Waals surface area contributed by atoms with Gasteiger partial charge in [0.25, 0.3) is 0 Å². The van der Waals surface area contributed by atoms with Gasteiger partial charge in [0.15, 0.2) is 0 Å². The quantitative estimate of drug-likeness (QED) is 0.923. The molecule has 0 aliphatic rings. The number of rotatable bonds is 4. The predicted molar refractivity (Wildman–Crippen MR) is 83.5 cm³/mol. The van der Waals surface area contributed by atoms with E-state index in [0.717, 1.165) is 16.5 Å². The van der Waals surface area contributed by atoms with E-state index >= 15 is 0 Å². The van der Waals surface area contributed by atoms with Gasteiger partial charge in [0, 0.05) is 18.2 Å². The van der Waals surface area contributed by atoms with Crippen LogP contribution in [0.3, 0.4) is 0 Å². The van der Waals surface area contributed by atoms with Crippen molar-refractivity contribution in [3.8, 4) is 0 Å². The molecule has 3 nitrogen and oxygen atoms in total.